The van der Waals surface area contributed by atoms with Gasteiger partial charge in [0.25, 0.3) is 5.91 Å². The number of aromatic nitrogens is 1. The minimum atomic E-state index is -0.201. The third kappa shape index (κ3) is 4.79. The van der Waals surface area contributed by atoms with Crippen LogP contribution < -0.4 is 5.73 Å². The van der Waals surface area contributed by atoms with Crippen LogP contribution in [-0.4, -0.2) is 53.5 Å². The summed E-state index contributed by atoms with van der Waals surface area (Å²) in [6.45, 7) is 4.18. The van der Waals surface area contributed by atoms with Crippen LogP contribution in [0.1, 0.15) is 27.3 Å². The second-order valence-electron chi connectivity index (χ2n) is 9.56. The molecule has 0 saturated heterocycles. The van der Waals surface area contributed by atoms with Crippen molar-refractivity contribution in [2.24, 2.45) is 0 Å². The number of likely N-dealkylation sites (N-methyl/N-ethyl adjacent to an activating group) is 1. The Morgan fingerprint density at radius 3 is 2.69 bits per heavy atom. The molecule has 1 atom stereocenters. The van der Waals surface area contributed by atoms with Crippen LogP contribution in [0.4, 0.5) is 9.52 Å². The van der Waals surface area contributed by atoms with Crippen LogP contribution in [0.5, 0.6) is 0 Å². The monoisotopic (exact) mass is 489 g/mol. The van der Waals surface area contributed by atoms with E-state index in [0.717, 1.165) is 40.9 Å². The molecular weight excluding hydrogens is 459 g/mol. The van der Waals surface area contributed by atoms with Gasteiger partial charge in [0, 0.05) is 42.4 Å². The highest BCUT2D eigenvalue weighted by molar-refractivity contribution is 7.15. The van der Waals surface area contributed by atoms with Gasteiger partial charge in [0.1, 0.15) is 18.1 Å². The van der Waals surface area contributed by atoms with E-state index in [9.17, 15) is 9.18 Å². The Balaban J connectivity index is 1.41. The van der Waals surface area contributed by atoms with Gasteiger partial charge in [0.05, 0.1) is 12.7 Å². The molecule has 7 heteroatoms. The van der Waals surface area contributed by atoms with Gasteiger partial charge >= 0.3 is 0 Å². The zero-order chi connectivity index (χ0) is 24.6. The number of carbonyl (C=O) groups excluding carboxylic acids is 1. The lowest BCUT2D eigenvalue weighted by atomic mass is 9.95. The van der Waals surface area contributed by atoms with Crippen molar-refractivity contribution in [3.8, 4) is 0 Å². The zero-order valence-electron chi connectivity index (χ0n) is 20.1. The summed E-state index contributed by atoms with van der Waals surface area (Å²) in [5, 5.41) is 0.609. The van der Waals surface area contributed by atoms with Gasteiger partial charge in [0.15, 0.2) is 11.7 Å². The number of aryl methyl sites for hydroxylation is 1. The van der Waals surface area contributed by atoms with Crippen molar-refractivity contribution in [2.75, 3.05) is 39.0 Å². The van der Waals surface area contributed by atoms with E-state index in [1.165, 1.54) is 22.3 Å². The molecule has 2 aliphatic rings. The fourth-order valence-corrected chi connectivity index (χ4v) is 5.84. The quantitative estimate of drug-likeness (QED) is 0.541. The molecule has 1 aromatic heterocycles. The summed E-state index contributed by atoms with van der Waals surface area (Å²) in [6, 6.07) is 15.5. The van der Waals surface area contributed by atoms with Crippen LogP contribution in [0, 0.1) is 12.7 Å². The van der Waals surface area contributed by atoms with Crippen molar-refractivity contribution in [2.45, 2.75) is 19.8 Å². The zero-order valence-corrected chi connectivity index (χ0v) is 20.9. The Kier molecular flexibility index (Phi) is 6.30. The number of hydrogen-bond acceptors (Lipinski definition) is 4. The van der Waals surface area contributed by atoms with Crippen LogP contribution in [0.3, 0.4) is 0 Å². The lowest BCUT2D eigenvalue weighted by molar-refractivity contribution is -0.825. The number of amides is 1. The number of thiazole rings is 1. The van der Waals surface area contributed by atoms with Gasteiger partial charge < -0.3 is 10.6 Å². The van der Waals surface area contributed by atoms with E-state index in [1.54, 1.807) is 6.92 Å². The summed E-state index contributed by atoms with van der Waals surface area (Å²) in [6.07, 6.45) is 5.87. The number of quaternary nitrogens is 1. The predicted octanol–water partition coefficient (Wildman–Crippen LogP) is 4.68. The van der Waals surface area contributed by atoms with E-state index in [2.05, 4.69) is 36.3 Å². The van der Waals surface area contributed by atoms with Crippen molar-refractivity contribution in [3.63, 3.8) is 0 Å². The number of benzene rings is 2. The molecule has 0 fully saturated rings. The molecule has 0 radical (unpaired) electrons. The largest absolute Gasteiger partial charge is 0.375 e. The average Bonchev–Trinajstić information content (AvgIpc) is 3.09. The minimum Gasteiger partial charge on any atom is -0.375 e. The number of halogens is 1. The highest BCUT2D eigenvalue weighted by atomic mass is 32.1. The maximum absolute atomic E-state index is 13.9. The molecule has 2 N–H and O–H groups in total. The first-order valence-corrected chi connectivity index (χ1v) is 12.7. The number of nitrogen functional groups attached to an aromatic ring is 1. The van der Waals surface area contributed by atoms with E-state index in [0.29, 0.717) is 41.4 Å². The Labute approximate surface area is 209 Å². The van der Waals surface area contributed by atoms with E-state index < -0.39 is 0 Å². The molecule has 2 aromatic carbocycles. The molecule has 0 bridgehead atoms. The van der Waals surface area contributed by atoms with Gasteiger partial charge in [-0.05, 0) is 54.0 Å². The van der Waals surface area contributed by atoms with Crippen LogP contribution in [0.25, 0.3) is 11.3 Å². The lowest BCUT2D eigenvalue weighted by Crippen LogP contribution is -2.51. The third-order valence-corrected chi connectivity index (χ3v) is 7.99. The van der Waals surface area contributed by atoms with Crippen LogP contribution in [0.15, 0.2) is 60.7 Å². The standard InChI is InChI=1S/C28H30FN4OS/c1-19-16-21(8-9-23(19)29)22-12-15-33(2,25(17-22)20-6-4-3-5-7-20)18-27(34)32-13-10-24-26(11-14-32)35-28(30)31-24/h3-9,12,16-17H,10-11,13-15,18H2,1-2H3,(H2,30,31)/q+1. The van der Waals surface area contributed by atoms with Crippen molar-refractivity contribution in [3.05, 3.63) is 93.8 Å². The number of rotatable bonds is 4. The van der Waals surface area contributed by atoms with Gasteiger partial charge in [-0.15, -0.1) is 11.3 Å². The smallest absolute Gasteiger partial charge is 0.278 e. The highest BCUT2D eigenvalue weighted by Gasteiger charge is 2.36. The number of allylic oxidation sites excluding steroid dienone is 2. The van der Waals surface area contributed by atoms with Gasteiger partial charge in [-0.1, -0.05) is 24.3 Å². The first-order chi connectivity index (χ1) is 16.8. The molecule has 35 heavy (non-hydrogen) atoms. The maximum Gasteiger partial charge on any atom is 0.278 e. The summed E-state index contributed by atoms with van der Waals surface area (Å²) >= 11 is 1.53. The van der Waals surface area contributed by atoms with Crippen molar-refractivity contribution >= 4 is 33.6 Å². The van der Waals surface area contributed by atoms with Crippen molar-refractivity contribution in [1.82, 2.24) is 9.88 Å². The Morgan fingerprint density at radius 1 is 1.14 bits per heavy atom. The molecule has 3 aromatic rings. The summed E-state index contributed by atoms with van der Waals surface area (Å²) in [4.78, 5) is 21.2. The molecule has 3 heterocycles. The topological polar surface area (TPSA) is 59.2 Å². The molecule has 5 nitrogen and oxygen atoms in total. The van der Waals surface area contributed by atoms with E-state index in [-0.39, 0.29) is 11.7 Å². The third-order valence-electron chi connectivity index (χ3n) is 7.01. The molecule has 1 unspecified atom stereocenters. The molecule has 0 aliphatic carbocycles. The normalized spacial score (nSPS) is 20.0. The van der Waals surface area contributed by atoms with Crippen LogP contribution in [0.2, 0.25) is 0 Å². The molecule has 180 valence electrons. The summed E-state index contributed by atoms with van der Waals surface area (Å²) < 4.78 is 14.4. The molecule has 5 rings (SSSR count). The molecule has 0 spiro atoms. The summed E-state index contributed by atoms with van der Waals surface area (Å²) in [5.74, 6) is -0.0553. The van der Waals surface area contributed by atoms with Gasteiger partial charge in [-0.2, -0.15) is 0 Å². The fourth-order valence-electron chi connectivity index (χ4n) is 4.97. The Hall–Kier alpha value is -3.29. The average molecular weight is 490 g/mol. The maximum atomic E-state index is 13.9. The van der Waals surface area contributed by atoms with E-state index in [4.69, 9.17) is 5.73 Å². The number of hydrogen-bond donors (Lipinski definition) is 1. The van der Waals surface area contributed by atoms with Gasteiger partial charge in [0.2, 0.25) is 0 Å². The molecule has 0 saturated carbocycles. The number of fused-ring (bicyclic) bond motifs is 1. The molecule has 2 aliphatic heterocycles. The minimum absolute atomic E-state index is 0.145. The van der Waals surface area contributed by atoms with Gasteiger partial charge in [-0.25, -0.2) is 9.37 Å². The second-order valence-corrected chi connectivity index (χ2v) is 10.7. The number of nitrogens with zero attached hydrogens (tertiary/aromatic N) is 3. The summed E-state index contributed by atoms with van der Waals surface area (Å²) in [7, 11) is 2.12. The Bertz CT molecular complexity index is 1300. The summed E-state index contributed by atoms with van der Waals surface area (Å²) in [5.41, 5.74) is 11.8. The van der Waals surface area contributed by atoms with Gasteiger partial charge in [-0.3, -0.25) is 9.28 Å². The number of carbonyl (C=O) groups is 1. The number of nitrogens with two attached hydrogens (primary N) is 1. The molecular formula is C28H30FN4OS+. The highest BCUT2D eigenvalue weighted by Crippen LogP contribution is 2.35. The van der Waals surface area contributed by atoms with E-state index in [1.807, 2.05) is 35.2 Å². The van der Waals surface area contributed by atoms with Crippen molar-refractivity contribution < 1.29 is 13.7 Å². The molecule has 1 amide bonds. The Morgan fingerprint density at radius 2 is 1.91 bits per heavy atom. The van der Waals surface area contributed by atoms with Crippen LogP contribution in [-0.2, 0) is 17.6 Å². The number of anilines is 1. The van der Waals surface area contributed by atoms with E-state index >= 15 is 0 Å². The lowest BCUT2D eigenvalue weighted by Gasteiger charge is -2.38. The SMILES string of the molecule is Cc1cc(C2=CC[N+](C)(CC(=O)N3CCc4nc(N)sc4CC3)C(c3ccccc3)=C2)ccc1F. The van der Waals surface area contributed by atoms with Crippen LogP contribution >= 0.6 is 11.3 Å². The second kappa shape index (κ2) is 9.40. The fraction of sp³-hybridized carbons (Fsp3) is 0.286. The first kappa shape index (κ1) is 23.5. The van der Waals surface area contributed by atoms with Crippen molar-refractivity contribution in [1.29, 1.82) is 0 Å². The predicted molar refractivity (Wildman–Crippen MR) is 140 cm³/mol. The first-order valence-electron chi connectivity index (χ1n) is 11.9.